The van der Waals surface area contributed by atoms with E-state index in [1.807, 2.05) is 12.1 Å². The van der Waals surface area contributed by atoms with Crippen LogP contribution in [0.1, 0.15) is 28.9 Å². The minimum atomic E-state index is -0.638. The molecule has 0 radical (unpaired) electrons. The molecule has 0 aliphatic heterocycles. The number of rotatable bonds is 7. The Morgan fingerprint density at radius 1 is 1.23 bits per heavy atom. The molecule has 0 aromatic carbocycles. The van der Waals surface area contributed by atoms with Gasteiger partial charge in [0.05, 0.1) is 30.5 Å². The molecule has 114 valence electrons. The summed E-state index contributed by atoms with van der Waals surface area (Å²) >= 11 is 0. The third-order valence-corrected chi connectivity index (χ3v) is 2.81. The van der Waals surface area contributed by atoms with Crippen LogP contribution in [0.5, 0.6) is 0 Å². The molecular formula is C15H16N4O3. The first-order chi connectivity index (χ1) is 10.6. The summed E-state index contributed by atoms with van der Waals surface area (Å²) in [6.07, 6.45) is 1.70. The zero-order valence-electron chi connectivity index (χ0n) is 12.3. The van der Waals surface area contributed by atoms with E-state index >= 15 is 0 Å². The van der Waals surface area contributed by atoms with Gasteiger partial charge in [0.2, 0.25) is 0 Å². The van der Waals surface area contributed by atoms with E-state index in [1.165, 1.54) is 11.1 Å². The molecule has 1 aromatic rings. The molecule has 1 amide bonds. The van der Waals surface area contributed by atoms with Crippen LogP contribution >= 0.6 is 0 Å². The molecule has 0 saturated carbocycles. The quantitative estimate of drug-likeness (QED) is 0.700. The monoisotopic (exact) mass is 300 g/mol. The molecule has 0 atom stereocenters. The molecular weight excluding hydrogens is 284 g/mol. The van der Waals surface area contributed by atoms with Crippen LogP contribution in [0.4, 0.5) is 0 Å². The lowest BCUT2D eigenvalue weighted by Crippen LogP contribution is -2.36. The van der Waals surface area contributed by atoms with E-state index in [4.69, 9.17) is 15.3 Å². The van der Waals surface area contributed by atoms with Gasteiger partial charge < -0.3 is 9.64 Å². The van der Waals surface area contributed by atoms with Crippen molar-refractivity contribution in [2.24, 2.45) is 0 Å². The highest BCUT2D eigenvalue weighted by Gasteiger charge is 2.16. The van der Waals surface area contributed by atoms with Crippen LogP contribution in [0.2, 0.25) is 0 Å². The Balaban J connectivity index is 2.54. The van der Waals surface area contributed by atoms with Crippen LogP contribution in [0.15, 0.2) is 18.3 Å². The molecule has 1 heterocycles. The first kappa shape index (κ1) is 17.1. The summed E-state index contributed by atoms with van der Waals surface area (Å²) in [6, 6.07) is 7.10. The summed E-state index contributed by atoms with van der Waals surface area (Å²) in [5.41, 5.74) is 1.03. The number of hydrogen-bond donors (Lipinski definition) is 0. The normalized spacial score (nSPS) is 9.41. The summed E-state index contributed by atoms with van der Waals surface area (Å²) in [7, 11) is 0. The van der Waals surface area contributed by atoms with Crippen molar-refractivity contribution < 1.29 is 14.3 Å². The summed E-state index contributed by atoms with van der Waals surface area (Å²) in [5.74, 6) is -1.07. The second kappa shape index (κ2) is 9.09. The van der Waals surface area contributed by atoms with Crippen molar-refractivity contribution in [1.82, 2.24) is 9.88 Å². The van der Waals surface area contributed by atoms with E-state index in [0.29, 0.717) is 0 Å². The summed E-state index contributed by atoms with van der Waals surface area (Å²) < 4.78 is 4.93. The zero-order chi connectivity index (χ0) is 16.4. The molecule has 0 aliphatic carbocycles. The van der Waals surface area contributed by atoms with Gasteiger partial charge in [0, 0.05) is 25.0 Å². The van der Waals surface area contributed by atoms with Crippen molar-refractivity contribution in [2.75, 3.05) is 19.7 Å². The molecule has 1 rings (SSSR count). The average Bonchev–Trinajstić information content (AvgIpc) is 2.53. The Morgan fingerprint density at radius 3 is 2.36 bits per heavy atom. The highest BCUT2D eigenvalue weighted by Crippen LogP contribution is 2.03. The van der Waals surface area contributed by atoms with E-state index in [0.717, 1.165) is 5.69 Å². The Bertz CT molecular complexity index is 581. The molecule has 0 unspecified atom stereocenters. The lowest BCUT2D eigenvalue weighted by atomic mass is 10.2. The number of amides is 1. The van der Waals surface area contributed by atoms with Gasteiger partial charge in [-0.1, -0.05) is 0 Å². The summed E-state index contributed by atoms with van der Waals surface area (Å²) in [5, 5.41) is 17.1. The first-order valence-electron chi connectivity index (χ1n) is 6.70. The topological polar surface area (TPSA) is 107 Å². The van der Waals surface area contributed by atoms with Gasteiger partial charge in [-0.25, -0.2) is 4.79 Å². The van der Waals surface area contributed by atoms with Gasteiger partial charge in [-0.3, -0.25) is 9.78 Å². The maximum Gasteiger partial charge on any atom is 0.340 e. The Morgan fingerprint density at radius 2 is 1.86 bits per heavy atom. The molecule has 7 heteroatoms. The zero-order valence-corrected chi connectivity index (χ0v) is 12.3. The van der Waals surface area contributed by atoms with Crippen LogP contribution < -0.4 is 0 Å². The lowest BCUT2D eigenvalue weighted by Gasteiger charge is -2.20. The number of aromatic nitrogens is 1. The van der Waals surface area contributed by atoms with Crippen LogP contribution in [0.3, 0.4) is 0 Å². The van der Waals surface area contributed by atoms with Gasteiger partial charge in [0.1, 0.15) is 0 Å². The van der Waals surface area contributed by atoms with Crippen molar-refractivity contribution in [3.05, 3.63) is 29.6 Å². The fraction of sp³-hybridized carbons (Fsp3) is 0.400. The Kier molecular flexibility index (Phi) is 7.07. The number of carbonyl (C=O) groups is 2. The Labute approximate surface area is 128 Å². The van der Waals surface area contributed by atoms with E-state index in [2.05, 4.69) is 4.98 Å². The van der Waals surface area contributed by atoms with Crippen molar-refractivity contribution >= 4 is 11.9 Å². The number of pyridine rings is 1. The number of carbonyl (C=O) groups excluding carboxylic acids is 2. The van der Waals surface area contributed by atoms with E-state index in [1.54, 1.807) is 19.1 Å². The Hall–Kier alpha value is -2.93. The minimum Gasteiger partial charge on any atom is -0.452 e. The molecule has 0 saturated heterocycles. The summed E-state index contributed by atoms with van der Waals surface area (Å²) in [4.78, 5) is 29.0. The van der Waals surface area contributed by atoms with Crippen LogP contribution in [0, 0.1) is 29.6 Å². The molecule has 0 bridgehead atoms. The fourth-order valence-electron chi connectivity index (χ4n) is 1.62. The molecule has 22 heavy (non-hydrogen) atoms. The second-order valence-electron chi connectivity index (χ2n) is 4.46. The summed E-state index contributed by atoms with van der Waals surface area (Å²) in [6.45, 7) is 1.78. The SMILES string of the molecule is Cc1ccc(C(=O)OCC(=O)N(CCC#N)CCC#N)cn1. The maximum atomic E-state index is 12.0. The van der Waals surface area contributed by atoms with E-state index in [9.17, 15) is 9.59 Å². The van der Waals surface area contributed by atoms with Crippen molar-refractivity contribution in [2.45, 2.75) is 19.8 Å². The van der Waals surface area contributed by atoms with Crippen LogP contribution in [-0.2, 0) is 9.53 Å². The second-order valence-corrected chi connectivity index (χ2v) is 4.46. The molecule has 0 spiro atoms. The van der Waals surface area contributed by atoms with Crippen LogP contribution in [0.25, 0.3) is 0 Å². The first-order valence-corrected chi connectivity index (χ1v) is 6.70. The number of nitrogens with zero attached hydrogens (tertiary/aromatic N) is 4. The molecule has 0 fully saturated rings. The van der Waals surface area contributed by atoms with Gasteiger partial charge in [-0.2, -0.15) is 10.5 Å². The number of nitriles is 2. The van der Waals surface area contributed by atoms with Gasteiger partial charge in [0.25, 0.3) is 5.91 Å². The van der Waals surface area contributed by atoms with Gasteiger partial charge in [-0.15, -0.1) is 0 Å². The van der Waals surface area contributed by atoms with Gasteiger partial charge in [0.15, 0.2) is 6.61 Å². The standard InChI is InChI=1S/C15H16N4O3/c1-12-4-5-13(10-18-12)15(21)22-11-14(20)19(8-2-6-16)9-3-7-17/h4-5,10H,2-3,8-9,11H2,1H3. The van der Waals surface area contributed by atoms with Gasteiger partial charge >= 0.3 is 5.97 Å². The highest BCUT2D eigenvalue weighted by atomic mass is 16.5. The number of ether oxygens (including phenoxy) is 1. The molecule has 1 aromatic heterocycles. The van der Waals surface area contributed by atoms with Crippen molar-refractivity contribution in [3.63, 3.8) is 0 Å². The van der Waals surface area contributed by atoms with E-state index < -0.39 is 18.5 Å². The fourth-order valence-corrected chi connectivity index (χ4v) is 1.62. The molecule has 0 aliphatic rings. The van der Waals surface area contributed by atoms with Gasteiger partial charge in [-0.05, 0) is 19.1 Å². The van der Waals surface area contributed by atoms with Crippen LogP contribution in [-0.4, -0.2) is 41.5 Å². The number of hydrogen-bond acceptors (Lipinski definition) is 6. The smallest absolute Gasteiger partial charge is 0.340 e. The largest absolute Gasteiger partial charge is 0.452 e. The molecule has 0 N–H and O–H groups in total. The average molecular weight is 300 g/mol. The van der Waals surface area contributed by atoms with Crippen molar-refractivity contribution in [1.29, 1.82) is 10.5 Å². The maximum absolute atomic E-state index is 12.0. The van der Waals surface area contributed by atoms with E-state index in [-0.39, 0.29) is 31.5 Å². The minimum absolute atomic E-state index is 0.160. The van der Waals surface area contributed by atoms with Crippen molar-refractivity contribution in [3.8, 4) is 12.1 Å². The molecule has 7 nitrogen and oxygen atoms in total. The highest BCUT2D eigenvalue weighted by molar-refractivity contribution is 5.91. The predicted octanol–water partition coefficient (Wildman–Crippen LogP) is 1.20. The number of esters is 1. The number of aryl methyl sites for hydroxylation is 1. The third-order valence-electron chi connectivity index (χ3n) is 2.81. The lowest BCUT2D eigenvalue weighted by molar-refractivity contribution is -0.134. The predicted molar refractivity (Wildman–Crippen MR) is 76.3 cm³/mol. The third kappa shape index (κ3) is 5.59.